The van der Waals surface area contributed by atoms with Crippen molar-refractivity contribution in [3.63, 3.8) is 0 Å². The number of amides is 4. The maximum absolute atomic E-state index is 14.1. The minimum Gasteiger partial charge on any atom is -0.508 e. The van der Waals surface area contributed by atoms with E-state index in [1.165, 1.54) is 48.5 Å². The quantitative estimate of drug-likeness (QED) is 0.0185. The van der Waals surface area contributed by atoms with Crippen molar-refractivity contribution in [2.75, 3.05) is 9.80 Å². The molecule has 0 radical (unpaired) electrons. The topological polar surface area (TPSA) is 295 Å². The second-order valence-corrected chi connectivity index (χ2v) is 36.4. The Balaban J connectivity index is 0.451. The van der Waals surface area contributed by atoms with E-state index in [2.05, 4.69) is 0 Å². The molecule has 16 aromatic rings. The summed E-state index contributed by atoms with van der Waals surface area (Å²) >= 11 is 0. The van der Waals surface area contributed by atoms with Gasteiger partial charge in [0.25, 0.3) is 23.6 Å². The van der Waals surface area contributed by atoms with Crippen LogP contribution >= 0.6 is 0 Å². The molecule has 4 amide bonds. The molecule has 0 unspecified atom stereocenters. The summed E-state index contributed by atoms with van der Waals surface area (Å²) in [6.45, 7) is 13.8. The molecule has 0 bridgehead atoms. The number of nitrogens with zero attached hydrogens (tertiary/aromatic N) is 2. The van der Waals surface area contributed by atoms with Crippen LogP contribution in [0.3, 0.4) is 0 Å². The van der Waals surface area contributed by atoms with Gasteiger partial charge < -0.3 is 39.4 Å². The second-order valence-electron chi connectivity index (χ2n) is 36.4. The maximum Gasteiger partial charge on any atom is 0.338 e. The molecule has 2 aliphatic heterocycles. The van der Waals surface area contributed by atoms with Crippen molar-refractivity contribution in [3.05, 3.63) is 462 Å². The van der Waals surface area contributed by atoms with Gasteiger partial charge in [-0.1, -0.05) is 187 Å². The Morgan fingerprint density at radius 2 is 0.594 bits per heavy atom. The number of rotatable bonds is 30. The number of imide groups is 2. The van der Waals surface area contributed by atoms with E-state index in [0.29, 0.717) is 78.8 Å². The Morgan fingerprint density at radius 3 is 0.993 bits per heavy atom. The molecule has 16 aromatic carbocycles. The average molecular weight is 1830 g/mol. The lowest BCUT2D eigenvalue weighted by molar-refractivity contribution is 0.0464. The van der Waals surface area contributed by atoms with Gasteiger partial charge in [0.05, 0.1) is 44.8 Å². The lowest BCUT2D eigenvalue weighted by Gasteiger charge is -2.28. The van der Waals surface area contributed by atoms with Crippen LogP contribution in [0, 0.1) is 6.92 Å². The molecular weight excluding hydrogens is 1730 g/mol. The summed E-state index contributed by atoms with van der Waals surface area (Å²) in [5.41, 5.74) is 9.01. The molecule has 0 fully saturated rings. The lowest BCUT2D eigenvalue weighted by Crippen LogP contribution is -2.30. The lowest BCUT2D eigenvalue weighted by atomic mass is 9.76. The van der Waals surface area contributed by atoms with Gasteiger partial charge in [0.15, 0.2) is 23.1 Å². The Labute approximate surface area is 795 Å². The van der Waals surface area contributed by atoms with Gasteiger partial charge in [-0.3, -0.25) is 38.4 Å². The number of hydrogen-bond donors (Lipinski definition) is 4. The van der Waals surface area contributed by atoms with Crippen molar-refractivity contribution in [1.29, 1.82) is 0 Å². The molecular formula is C118H92N2O18. The fraction of sp³-hybridized carbons (Fsp3) is 0.136. The van der Waals surface area contributed by atoms with Crippen molar-refractivity contribution in [2.45, 2.75) is 104 Å². The first kappa shape index (κ1) is 91.2. The summed E-state index contributed by atoms with van der Waals surface area (Å²) in [5.74, 6) is -3.65. The van der Waals surface area contributed by atoms with Crippen molar-refractivity contribution < 1.29 is 87.3 Å². The van der Waals surface area contributed by atoms with Crippen LogP contribution in [-0.4, -0.2) is 79.1 Å². The van der Waals surface area contributed by atoms with E-state index >= 15 is 0 Å². The van der Waals surface area contributed by atoms with Crippen molar-refractivity contribution in [1.82, 2.24) is 0 Å². The minimum absolute atomic E-state index is 0.0164. The van der Waals surface area contributed by atoms with Gasteiger partial charge >= 0.3 is 11.9 Å². The number of anilines is 2. The van der Waals surface area contributed by atoms with E-state index in [0.717, 1.165) is 75.9 Å². The van der Waals surface area contributed by atoms with Crippen molar-refractivity contribution in [2.24, 2.45) is 0 Å². The van der Waals surface area contributed by atoms with E-state index in [1.54, 1.807) is 170 Å². The van der Waals surface area contributed by atoms with Gasteiger partial charge in [0.1, 0.15) is 59.2 Å². The molecule has 0 atom stereocenters. The smallest absolute Gasteiger partial charge is 0.338 e. The van der Waals surface area contributed by atoms with E-state index in [4.69, 9.17) is 18.9 Å². The predicted octanol–water partition coefficient (Wildman–Crippen LogP) is 23.7. The molecule has 2 aliphatic rings. The van der Waals surface area contributed by atoms with E-state index < -0.39 is 51.8 Å². The maximum atomic E-state index is 14.1. The number of ether oxygens (including phenoxy) is 4. The molecule has 682 valence electrons. The van der Waals surface area contributed by atoms with Gasteiger partial charge in [-0.25, -0.2) is 19.4 Å². The Hall–Kier alpha value is -17.3. The zero-order valence-electron chi connectivity index (χ0n) is 76.4. The molecule has 0 spiro atoms. The monoisotopic (exact) mass is 1820 g/mol. The fourth-order valence-corrected chi connectivity index (χ4v) is 17.7. The number of Topliss-reactive ketones (excluding diaryl/α,β-unsaturated/α-hetero) is 4. The number of benzene rings is 16. The van der Waals surface area contributed by atoms with E-state index in [-0.39, 0.29) is 124 Å². The largest absolute Gasteiger partial charge is 0.508 e. The molecule has 20 heteroatoms. The summed E-state index contributed by atoms with van der Waals surface area (Å²) in [5, 5.41) is 48.8. The number of esters is 2. The zero-order chi connectivity index (χ0) is 96.8. The van der Waals surface area contributed by atoms with Crippen LogP contribution < -0.4 is 19.3 Å². The fourth-order valence-electron chi connectivity index (χ4n) is 17.7. The zero-order valence-corrected chi connectivity index (χ0v) is 76.4. The van der Waals surface area contributed by atoms with Crippen LogP contribution in [0.5, 0.6) is 46.0 Å². The number of aryl methyl sites for hydroxylation is 1. The van der Waals surface area contributed by atoms with E-state index in [1.807, 2.05) is 164 Å². The molecule has 0 saturated heterocycles. The first-order valence-electron chi connectivity index (χ1n) is 45.0. The number of aromatic hydroxyl groups is 4. The van der Waals surface area contributed by atoms with Crippen LogP contribution in [-0.2, 0) is 64.6 Å². The Kier molecular flexibility index (Phi) is 24.7. The summed E-state index contributed by atoms with van der Waals surface area (Å²) in [6.07, 6.45) is -0.354. The number of carbonyl (C=O) groups excluding carboxylic acids is 10. The number of fused-ring (bicyclic) bond motifs is 4. The minimum atomic E-state index is -0.888. The third-order valence-electron chi connectivity index (χ3n) is 26.4. The summed E-state index contributed by atoms with van der Waals surface area (Å²) in [4.78, 5) is 141. The number of ketones is 4. The van der Waals surface area contributed by atoms with Gasteiger partial charge in [0.2, 0.25) is 0 Å². The van der Waals surface area contributed by atoms with Crippen LogP contribution in [0.25, 0.3) is 21.5 Å². The molecule has 0 aliphatic carbocycles. The third-order valence-corrected chi connectivity index (χ3v) is 26.4. The number of phenols is 4. The van der Waals surface area contributed by atoms with Gasteiger partial charge in [-0.2, -0.15) is 0 Å². The van der Waals surface area contributed by atoms with Crippen molar-refractivity contribution in [3.8, 4) is 46.0 Å². The summed E-state index contributed by atoms with van der Waals surface area (Å²) in [7, 11) is 0. The van der Waals surface area contributed by atoms with Crippen LogP contribution in [0.1, 0.15) is 217 Å². The molecule has 2 heterocycles. The van der Waals surface area contributed by atoms with Gasteiger partial charge in [0, 0.05) is 80.9 Å². The highest BCUT2D eigenvalue weighted by molar-refractivity contribution is 6.36. The SMILES string of the molecule is Cc1ccc(C(C)(C)c2cccc(N3C(=O)c4ccc(C(=O)OCc5ccc6ccccc6c5)cc4C3=O)c2)cc1CC(=O)c1ccc(Oc2ccc(C(=O)Cc3cc(C(C)(C)c4ccc(O)c(CC(=O)c5ccc(Oc6ccc(C(=O)Cc7cc(C(C)(C)c8ccc(O)c(N9C(=O)c%10ccc(C(=O)OCc%11ccc%12ccccc%12c%11)cc%10C9=O)c8)ccc7O)cc6)cc5)c4)ccc3O)cc2)cc1. The molecule has 18 rings (SSSR count). The van der Waals surface area contributed by atoms with Crippen LogP contribution in [0.2, 0.25) is 0 Å². The summed E-state index contributed by atoms with van der Waals surface area (Å²) < 4.78 is 23.6. The molecule has 138 heavy (non-hydrogen) atoms. The first-order chi connectivity index (χ1) is 66.3. The predicted molar refractivity (Wildman–Crippen MR) is 526 cm³/mol. The Morgan fingerprint density at radius 1 is 0.275 bits per heavy atom. The number of hydrogen-bond acceptors (Lipinski definition) is 18. The van der Waals surface area contributed by atoms with Crippen LogP contribution in [0.4, 0.5) is 11.4 Å². The first-order valence-corrected chi connectivity index (χ1v) is 45.0. The highest BCUT2D eigenvalue weighted by Crippen LogP contribution is 2.45. The van der Waals surface area contributed by atoms with E-state index in [9.17, 15) is 68.4 Å². The summed E-state index contributed by atoms with van der Waals surface area (Å²) in [6, 6.07) is 95.2. The number of carbonyl (C=O) groups is 10. The highest BCUT2D eigenvalue weighted by atomic mass is 16.5. The molecule has 0 saturated carbocycles. The van der Waals surface area contributed by atoms with Gasteiger partial charge in [-0.05, 0) is 272 Å². The van der Waals surface area contributed by atoms with Crippen LogP contribution in [0.15, 0.2) is 334 Å². The Bertz CT molecular complexity index is 7700. The highest BCUT2D eigenvalue weighted by Gasteiger charge is 2.42. The van der Waals surface area contributed by atoms with Gasteiger partial charge in [-0.15, -0.1) is 0 Å². The molecule has 20 nitrogen and oxygen atoms in total. The standard InChI is InChI=1S/C118H92N2O18/c1-69-19-34-87(116(2,3)86-17-12-18-92(65-86)119-110(129)97-47-32-80(59-99(97)112(119)131)114(133)135-67-70-20-22-72-13-8-10-15-78(72)53-70)55-82(69)61-106(125)74-24-39-93(40-25-74)137-94-41-26-75(27-42-94)107(126)62-83-56-88(35-49-102(83)121)117(4,5)89-36-50-103(122)84(57-89)63-108(127)76-28-43-95(44-29-76)138-96-45-30-77(31-46-96)109(128)64-85-58-90(37-51-104(85)123)118(6,7)91-38-52-105(124)101(66-91)120-111(130)98-48-33-81(60-100(98)113(120)132)115(134)136-68-71-21-23-73-14-9-11-16-79(73)54-71/h8-60,65-66,121-124H,61-64,67-68H2,1-7H3. The normalized spacial score (nSPS) is 12.5. The average Bonchev–Trinajstić information content (AvgIpc) is 1.59. The molecule has 4 N–H and O–H groups in total. The third kappa shape index (κ3) is 18.6. The van der Waals surface area contributed by atoms with Crippen molar-refractivity contribution >= 4 is 91.6 Å². The number of phenolic OH excluding ortho intramolecular Hbond substituents is 4. The second kappa shape index (κ2) is 37.3. The molecule has 0 aromatic heterocycles.